The maximum atomic E-state index is 10.6. The van der Waals surface area contributed by atoms with Gasteiger partial charge in [0, 0.05) is 0 Å². The summed E-state index contributed by atoms with van der Waals surface area (Å²) >= 11 is 6.12. The lowest BCUT2D eigenvalue weighted by Crippen LogP contribution is -2.21. The lowest BCUT2D eigenvalue weighted by Gasteiger charge is -2.12. The van der Waals surface area contributed by atoms with Gasteiger partial charge < -0.3 is 0 Å². The third-order valence-electron chi connectivity index (χ3n) is 1.07. The summed E-state index contributed by atoms with van der Waals surface area (Å²) in [6.07, 6.45) is 0.803. The second-order valence-electron chi connectivity index (χ2n) is 1.82. The molecule has 0 spiro atoms. The van der Waals surface area contributed by atoms with Gasteiger partial charge in [0.25, 0.3) is 0 Å². The SMILES string of the molecule is CC[C@@](C)(Br)C(=O)Br. The minimum absolute atomic E-state index is 0.00694. The van der Waals surface area contributed by atoms with Crippen molar-refractivity contribution in [2.24, 2.45) is 0 Å². The average molecular weight is 244 g/mol. The molecule has 0 radical (unpaired) electrons. The Kier molecular flexibility index (Phi) is 3.20. The summed E-state index contributed by atoms with van der Waals surface area (Å²) in [4.78, 5) is 10.6. The van der Waals surface area contributed by atoms with Crippen LogP contribution in [-0.2, 0) is 4.79 Å². The number of alkyl halides is 1. The summed E-state index contributed by atoms with van der Waals surface area (Å²) in [5.41, 5.74) is 0. The Morgan fingerprint density at radius 3 is 2.12 bits per heavy atom. The van der Waals surface area contributed by atoms with Gasteiger partial charge >= 0.3 is 0 Å². The van der Waals surface area contributed by atoms with Gasteiger partial charge in [-0.1, -0.05) is 22.9 Å². The molecule has 0 rings (SSSR count). The smallest absolute Gasteiger partial charge is 0.214 e. The number of hydrogen-bond donors (Lipinski definition) is 0. The summed E-state index contributed by atoms with van der Waals surface area (Å²) in [5, 5.41) is 0. The first-order valence-electron chi connectivity index (χ1n) is 2.39. The zero-order valence-electron chi connectivity index (χ0n) is 4.87. The molecule has 0 unspecified atom stereocenters. The minimum atomic E-state index is -0.368. The van der Waals surface area contributed by atoms with Gasteiger partial charge in [-0.3, -0.25) is 4.79 Å². The molecule has 0 amide bonds. The molecule has 0 aromatic carbocycles. The predicted octanol–water partition coefficient (Wildman–Crippen LogP) is 2.47. The first-order chi connectivity index (χ1) is 3.50. The van der Waals surface area contributed by atoms with E-state index in [-0.39, 0.29) is 9.02 Å². The zero-order chi connectivity index (χ0) is 6.78. The molecule has 1 atom stereocenters. The fourth-order valence-corrected chi connectivity index (χ4v) is 0.419. The molecule has 3 heteroatoms. The summed E-state index contributed by atoms with van der Waals surface area (Å²) in [6.45, 7) is 3.79. The molecule has 0 bridgehead atoms. The fraction of sp³-hybridized carbons (Fsp3) is 0.800. The molecule has 48 valence electrons. The standard InChI is InChI=1S/C5H8Br2O/c1-3-5(2,7)4(6)8/h3H2,1-2H3/t5-/m1/s1. The molecular formula is C5H8Br2O. The number of hydrogen-bond acceptors (Lipinski definition) is 1. The van der Waals surface area contributed by atoms with E-state index in [4.69, 9.17) is 0 Å². The molecule has 0 aliphatic carbocycles. The molecule has 0 saturated carbocycles. The Hall–Kier alpha value is 0.630. The third-order valence-corrected chi connectivity index (χ3v) is 3.40. The highest BCUT2D eigenvalue weighted by atomic mass is 79.9. The van der Waals surface area contributed by atoms with Crippen LogP contribution in [0.2, 0.25) is 0 Å². The second-order valence-corrected chi connectivity index (χ2v) is 4.30. The predicted molar refractivity (Wildman–Crippen MR) is 41.6 cm³/mol. The fourth-order valence-electron chi connectivity index (χ4n) is 0.139. The first-order valence-corrected chi connectivity index (χ1v) is 3.98. The van der Waals surface area contributed by atoms with Crippen molar-refractivity contribution in [2.75, 3.05) is 0 Å². The molecule has 1 nitrogen and oxygen atoms in total. The zero-order valence-corrected chi connectivity index (χ0v) is 8.04. The minimum Gasteiger partial charge on any atom is -0.285 e. The van der Waals surface area contributed by atoms with Crippen molar-refractivity contribution in [3.05, 3.63) is 0 Å². The Morgan fingerprint density at radius 2 is 2.12 bits per heavy atom. The molecule has 0 aromatic rings. The normalized spacial score (nSPS) is 17.5. The number of carbonyl (C=O) groups is 1. The molecule has 0 aromatic heterocycles. The molecule has 0 aliphatic rings. The van der Waals surface area contributed by atoms with Crippen LogP contribution in [0.1, 0.15) is 20.3 Å². The molecule has 0 N–H and O–H groups in total. The monoisotopic (exact) mass is 242 g/mol. The maximum Gasteiger partial charge on any atom is 0.214 e. The summed E-state index contributed by atoms with van der Waals surface area (Å²) < 4.78 is -0.361. The van der Waals surface area contributed by atoms with E-state index in [9.17, 15) is 4.79 Å². The summed E-state index contributed by atoms with van der Waals surface area (Å²) in [7, 11) is 0. The third kappa shape index (κ3) is 2.27. The van der Waals surface area contributed by atoms with Crippen molar-refractivity contribution >= 4 is 36.6 Å². The molecular weight excluding hydrogens is 236 g/mol. The van der Waals surface area contributed by atoms with Crippen LogP contribution in [0, 0.1) is 0 Å². The van der Waals surface area contributed by atoms with Crippen LogP contribution in [0.3, 0.4) is 0 Å². The summed E-state index contributed by atoms with van der Waals surface area (Å²) in [5.74, 6) is 0. The van der Waals surface area contributed by atoms with E-state index < -0.39 is 0 Å². The Balaban J connectivity index is 3.91. The highest BCUT2D eigenvalue weighted by molar-refractivity contribution is 9.20. The maximum absolute atomic E-state index is 10.6. The molecule has 0 heterocycles. The average Bonchev–Trinajstić information content (AvgIpc) is 1.67. The van der Waals surface area contributed by atoms with E-state index in [1.165, 1.54) is 0 Å². The number of carbonyl (C=O) groups excluding carboxylic acids is 1. The van der Waals surface area contributed by atoms with Gasteiger partial charge in [-0.25, -0.2) is 0 Å². The van der Waals surface area contributed by atoms with Crippen LogP contribution in [0.5, 0.6) is 0 Å². The van der Waals surface area contributed by atoms with Crippen molar-refractivity contribution < 1.29 is 4.79 Å². The summed E-state index contributed by atoms with van der Waals surface area (Å²) in [6, 6.07) is 0. The van der Waals surface area contributed by atoms with Crippen LogP contribution in [0.15, 0.2) is 0 Å². The van der Waals surface area contributed by atoms with Gasteiger partial charge in [-0.15, -0.1) is 0 Å². The number of rotatable bonds is 2. The van der Waals surface area contributed by atoms with Gasteiger partial charge in [-0.2, -0.15) is 0 Å². The number of halogens is 2. The van der Waals surface area contributed by atoms with E-state index in [1.807, 2.05) is 13.8 Å². The first kappa shape index (κ1) is 8.63. The van der Waals surface area contributed by atoms with E-state index in [2.05, 4.69) is 31.9 Å². The largest absolute Gasteiger partial charge is 0.285 e. The van der Waals surface area contributed by atoms with Gasteiger partial charge in [-0.05, 0) is 29.3 Å². The van der Waals surface area contributed by atoms with E-state index >= 15 is 0 Å². The molecule has 0 aliphatic heterocycles. The van der Waals surface area contributed by atoms with Crippen LogP contribution in [0.25, 0.3) is 0 Å². The Morgan fingerprint density at radius 1 is 1.75 bits per heavy atom. The van der Waals surface area contributed by atoms with Crippen molar-refractivity contribution in [3.8, 4) is 0 Å². The van der Waals surface area contributed by atoms with Crippen molar-refractivity contribution in [2.45, 2.75) is 24.6 Å². The molecule has 0 saturated heterocycles. The quantitative estimate of drug-likeness (QED) is 0.538. The van der Waals surface area contributed by atoms with Crippen molar-refractivity contribution in [3.63, 3.8) is 0 Å². The van der Waals surface area contributed by atoms with E-state index in [1.54, 1.807) is 0 Å². The topological polar surface area (TPSA) is 17.1 Å². The Bertz CT molecular complexity index is 98.6. The van der Waals surface area contributed by atoms with Crippen LogP contribution < -0.4 is 0 Å². The second kappa shape index (κ2) is 2.97. The Labute approximate surface area is 66.1 Å². The highest BCUT2D eigenvalue weighted by Crippen LogP contribution is 2.24. The van der Waals surface area contributed by atoms with Crippen LogP contribution in [-0.4, -0.2) is 9.02 Å². The lowest BCUT2D eigenvalue weighted by atomic mass is 10.1. The van der Waals surface area contributed by atoms with Crippen LogP contribution >= 0.6 is 31.9 Å². The lowest BCUT2D eigenvalue weighted by molar-refractivity contribution is -0.111. The van der Waals surface area contributed by atoms with Gasteiger partial charge in [0.15, 0.2) is 0 Å². The highest BCUT2D eigenvalue weighted by Gasteiger charge is 2.24. The van der Waals surface area contributed by atoms with Gasteiger partial charge in [0.05, 0.1) is 4.32 Å². The van der Waals surface area contributed by atoms with Gasteiger partial charge in [0.1, 0.15) is 0 Å². The van der Waals surface area contributed by atoms with Gasteiger partial charge in [0.2, 0.25) is 4.69 Å². The van der Waals surface area contributed by atoms with E-state index in [0.29, 0.717) is 0 Å². The molecule has 8 heavy (non-hydrogen) atoms. The molecule has 0 fully saturated rings. The van der Waals surface area contributed by atoms with Crippen molar-refractivity contribution in [1.82, 2.24) is 0 Å². The van der Waals surface area contributed by atoms with E-state index in [0.717, 1.165) is 6.42 Å². The van der Waals surface area contributed by atoms with Crippen LogP contribution in [0.4, 0.5) is 0 Å². The van der Waals surface area contributed by atoms with Crippen molar-refractivity contribution in [1.29, 1.82) is 0 Å².